The van der Waals surface area contributed by atoms with Crippen molar-refractivity contribution >= 4 is 0 Å². The fraction of sp³-hybridized carbons (Fsp3) is 0.278. The summed E-state index contributed by atoms with van der Waals surface area (Å²) in [6.07, 6.45) is -3.45. The Morgan fingerprint density at radius 1 is 1.15 bits per heavy atom. The SMILES string of the molecule is N#Cc1cc(F)cc(Oc2ccc3c4c2C(F)C[C@]4(O)C(F)(F)C3(F)F)c1. The molecular weight excluding hydrogens is 376 g/mol. The minimum atomic E-state index is -4.90. The van der Waals surface area contributed by atoms with Gasteiger partial charge in [0.25, 0.3) is 0 Å². The van der Waals surface area contributed by atoms with Crippen molar-refractivity contribution in [3.05, 3.63) is 58.4 Å². The summed E-state index contributed by atoms with van der Waals surface area (Å²) < 4.78 is 89.9. The molecule has 0 radical (unpaired) electrons. The van der Waals surface area contributed by atoms with Gasteiger partial charge >= 0.3 is 11.8 Å². The Morgan fingerprint density at radius 3 is 2.52 bits per heavy atom. The van der Waals surface area contributed by atoms with Gasteiger partial charge in [0.05, 0.1) is 11.6 Å². The van der Waals surface area contributed by atoms with Gasteiger partial charge in [0.2, 0.25) is 0 Å². The normalized spacial score (nSPS) is 26.5. The van der Waals surface area contributed by atoms with E-state index < -0.39 is 58.3 Å². The molecule has 0 aliphatic heterocycles. The quantitative estimate of drug-likeness (QED) is 0.754. The molecule has 27 heavy (non-hydrogen) atoms. The maximum Gasteiger partial charge on any atom is 0.346 e. The molecule has 0 aromatic heterocycles. The summed E-state index contributed by atoms with van der Waals surface area (Å²) in [5, 5.41) is 19.1. The van der Waals surface area contributed by atoms with E-state index in [-0.39, 0.29) is 11.3 Å². The van der Waals surface area contributed by atoms with Crippen molar-refractivity contribution in [2.45, 2.75) is 30.0 Å². The Kier molecular flexibility index (Phi) is 3.38. The number of hydrogen-bond acceptors (Lipinski definition) is 3. The van der Waals surface area contributed by atoms with Crippen LogP contribution in [0.5, 0.6) is 11.5 Å². The number of nitrogens with zero attached hydrogens (tertiary/aromatic N) is 1. The highest BCUT2D eigenvalue weighted by Crippen LogP contribution is 2.68. The predicted molar refractivity (Wildman–Crippen MR) is 78.8 cm³/mol. The maximum atomic E-state index is 14.5. The van der Waals surface area contributed by atoms with Gasteiger partial charge in [0.15, 0.2) is 5.60 Å². The molecule has 0 bridgehead atoms. The van der Waals surface area contributed by atoms with Crippen molar-refractivity contribution in [2.75, 3.05) is 0 Å². The second-order valence-corrected chi connectivity index (χ2v) is 6.47. The number of rotatable bonds is 2. The van der Waals surface area contributed by atoms with Crippen molar-refractivity contribution in [1.29, 1.82) is 5.26 Å². The number of ether oxygens (including phenoxy) is 1. The highest BCUT2D eigenvalue weighted by molar-refractivity contribution is 5.60. The molecule has 0 saturated heterocycles. The van der Waals surface area contributed by atoms with Crippen LogP contribution in [0.25, 0.3) is 0 Å². The molecule has 3 nitrogen and oxygen atoms in total. The second kappa shape index (κ2) is 5.16. The highest BCUT2D eigenvalue weighted by Gasteiger charge is 2.79. The molecule has 0 fully saturated rings. The molecule has 2 atom stereocenters. The summed E-state index contributed by atoms with van der Waals surface area (Å²) >= 11 is 0. The first kappa shape index (κ1) is 17.7. The lowest BCUT2D eigenvalue weighted by Gasteiger charge is -2.30. The second-order valence-electron chi connectivity index (χ2n) is 6.47. The van der Waals surface area contributed by atoms with Gasteiger partial charge in [-0.3, -0.25) is 0 Å². The molecule has 0 amide bonds. The predicted octanol–water partition coefficient (Wildman–Crippen LogP) is 4.83. The number of benzene rings is 2. The van der Waals surface area contributed by atoms with Gasteiger partial charge in [-0.2, -0.15) is 22.8 Å². The van der Waals surface area contributed by atoms with Gasteiger partial charge < -0.3 is 9.84 Å². The topological polar surface area (TPSA) is 53.2 Å². The third kappa shape index (κ3) is 2.07. The van der Waals surface area contributed by atoms with E-state index in [1.54, 1.807) is 6.07 Å². The van der Waals surface area contributed by atoms with Crippen molar-refractivity contribution in [3.63, 3.8) is 0 Å². The van der Waals surface area contributed by atoms with E-state index in [0.717, 1.165) is 24.3 Å². The first-order valence-electron chi connectivity index (χ1n) is 7.71. The summed E-state index contributed by atoms with van der Waals surface area (Å²) in [5.41, 5.74) is -6.20. The first-order valence-corrected chi connectivity index (χ1v) is 7.71. The number of alkyl halides is 5. The average Bonchev–Trinajstić information content (AvgIpc) is 2.92. The van der Waals surface area contributed by atoms with Crippen molar-refractivity contribution in [3.8, 4) is 17.6 Å². The zero-order valence-corrected chi connectivity index (χ0v) is 13.2. The van der Waals surface area contributed by atoms with Crippen molar-refractivity contribution < 1.29 is 36.2 Å². The summed E-state index contributed by atoms with van der Waals surface area (Å²) in [6.45, 7) is 0. The smallest absolute Gasteiger partial charge is 0.346 e. The van der Waals surface area contributed by atoms with Gasteiger partial charge in [0.1, 0.15) is 23.5 Å². The summed E-state index contributed by atoms with van der Waals surface area (Å²) in [6, 6.07) is 6.04. The van der Waals surface area contributed by atoms with Gasteiger partial charge in [-0.15, -0.1) is 0 Å². The number of aliphatic hydroxyl groups is 1. The molecule has 0 saturated carbocycles. The van der Waals surface area contributed by atoms with E-state index in [1.807, 2.05) is 0 Å². The lowest BCUT2D eigenvalue weighted by atomic mass is 9.95. The summed E-state index contributed by atoms with van der Waals surface area (Å²) in [4.78, 5) is 0. The first-order chi connectivity index (χ1) is 12.5. The zero-order chi connectivity index (χ0) is 19.8. The fourth-order valence-electron chi connectivity index (χ4n) is 3.70. The third-order valence-electron chi connectivity index (χ3n) is 4.89. The van der Waals surface area contributed by atoms with Crippen LogP contribution in [0.4, 0.5) is 26.3 Å². The highest BCUT2D eigenvalue weighted by atomic mass is 19.3. The molecule has 9 heteroatoms. The van der Waals surface area contributed by atoms with Crippen molar-refractivity contribution in [2.24, 2.45) is 0 Å². The van der Waals surface area contributed by atoms with E-state index in [1.165, 1.54) is 0 Å². The molecule has 2 aromatic carbocycles. The number of hydrogen-bond donors (Lipinski definition) is 1. The van der Waals surface area contributed by atoms with E-state index in [0.29, 0.717) is 6.07 Å². The molecule has 1 unspecified atom stereocenters. The maximum absolute atomic E-state index is 14.5. The summed E-state index contributed by atoms with van der Waals surface area (Å²) in [5.74, 6) is -11.1. The third-order valence-corrected chi connectivity index (χ3v) is 4.89. The molecule has 1 N–H and O–H groups in total. The van der Waals surface area contributed by atoms with Crippen LogP contribution in [-0.4, -0.2) is 11.0 Å². The van der Waals surface area contributed by atoms with Crippen LogP contribution in [-0.2, 0) is 11.5 Å². The van der Waals surface area contributed by atoms with Crippen LogP contribution in [0.1, 0.15) is 34.8 Å². The van der Waals surface area contributed by atoms with Crippen LogP contribution in [0.2, 0.25) is 0 Å². The van der Waals surface area contributed by atoms with E-state index in [2.05, 4.69) is 0 Å². The van der Waals surface area contributed by atoms with Crippen LogP contribution in [0.15, 0.2) is 30.3 Å². The molecule has 0 spiro atoms. The molecule has 2 aromatic rings. The van der Waals surface area contributed by atoms with E-state index in [9.17, 15) is 31.4 Å². The van der Waals surface area contributed by atoms with Crippen molar-refractivity contribution in [1.82, 2.24) is 0 Å². The monoisotopic (exact) mass is 385 g/mol. The fourth-order valence-corrected chi connectivity index (χ4v) is 3.70. The van der Waals surface area contributed by atoms with E-state index >= 15 is 0 Å². The molecule has 140 valence electrons. The Bertz CT molecular complexity index is 1020. The van der Waals surface area contributed by atoms with Crippen LogP contribution in [0, 0.1) is 17.1 Å². The van der Waals surface area contributed by atoms with Gasteiger partial charge in [-0.05, 0) is 24.3 Å². The molecule has 2 aliphatic carbocycles. The average molecular weight is 385 g/mol. The number of halogens is 6. The zero-order valence-electron chi connectivity index (χ0n) is 13.2. The number of nitriles is 1. The summed E-state index contributed by atoms with van der Waals surface area (Å²) in [7, 11) is 0. The Morgan fingerprint density at radius 2 is 1.85 bits per heavy atom. The lowest BCUT2D eigenvalue weighted by molar-refractivity contribution is -0.287. The molecule has 2 aliphatic rings. The van der Waals surface area contributed by atoms with Crippen LogP contribution in [0.3, 0.4) is 0 Å². The minimum absolute atomic E-state index is 0.117. The largest absolute Gasteiger partial charge is 0.457 e. The molecular formula is C18H9F6NO2. The lowest BCUT2D eigenvalue weighted by Crippen LogP contribution is -2.48. The Labute approximate surface area is 148 Å². The standard InChI is InChI=1S/C18H9F6NO2/c19-9-3-8(7-25)4-10(5-9)27-13-2-1-11-15-14(13)12(20)6-16(15,26)18(23,24)17(11,21)22/h1-5,12,26H,6H2/t12?,16-/m1/s1. The van der Waals surface area contributed by atoms with E-state index in [4.69, 9.17) is 10.00 Å². The van der Waals surface area contributed by atoms with Gasteiger partial charge in [0, 0.05) is 29.2 Å². The van der Waals surface area contributed by atoms with Crippen LogP contribution >= 0.6 is 0 Å². The molecule has 0 heterocycles. The van der Waals surface area contributed by atoms with Gasteiger partial charge in [-0.1, -0.05) is 0 Å². The molecule has 4 rings (SSSR count). The Balaban J connectivity index is 1.89. The minimum Gasteiger partial charge on any atom is -0.457 e. The van der Waals surface area contributed by atoms with Crippen LogP contribution < -0.4 is 4.74 Å². The van der Waals surface area contributed by atoms with Gasteiger partial charge in [-0.25, -0.2) is 8.78 Å². The Hall–Kier alpha value is -2.73.